The number of amides is 1. The van der Waals surface area contributed by atoms with Crippen molar-refractivity contribution in [2.45, 2.75) is 19.5 Å². The third kappa shape index (κ3) is 3.25. The van der Waals surface area contributed by atoms with Gasteiger partial charge in [-0.2, -0.15) is 5.10 Å². The molecule has 5 nitrogen and oxygen atoms in total. The van der Waals surface area contributed by atoms with Crippen LogP contribution in [-0.4, -0.2) is 15.7 Å². The predicted octanol–water partition coefficient (Wildman–Crippen LogP) is 3.02. The Morgan fingerprint density at radius 3 is 2.82 bits per heavy atom. The molecule has 0 saturated carbocycles. The number of carbonyl (C=O) groups is 1. The molecule has 0 saturated heterocycles. The van der Waals surface area contributed by atoms with Crippen LogP contribution in [0.4, 0.5) is 0 Å². The molecule has 3 aromatic rings. The largest absolute Gasteiger partial charge is 0.467 e. The Morgan fingerprint density at radius 2 is 2.09 bits per heavy atom. The lowest BCUT2D eigenvalue weighted by Crippen LogP contribution is -2.26. The first-order valence-electron chi connectivity index (χ1n) is 7.13. The molecule has 0 aliphatic carbocycles. The second-order valence-corrected chi connectivity index (χ2v) is 5.12. The van der Waals surface area contributed by atoms with Crippen molar-refractivity contribution in [1.82, 2.24) is 15.1 Å². The monoisotopic (exact) mass is 295 g/mol. The van der Waals surface area contributed by atoms with Crippen LogP contribution >= 0.6 is 0 Å². The van der Waals surface area contributed by atoms with Crippen LogP contribution in [0.3, 0.4) is 0 Å². The Bertz CT molecular complexity index is 732. The van der Waals surface area contributed by atoms with Crippen LogP contribution < -0.4 is 5.32 Å². The second kappa shape index (κ2) is 6.30. The van der Waals surface area contributed by atoms with Crippen LogP contribution in [0.25, 0.3) is 0 Å². The van der Waals surface area contributed by atoms with Crippen molar-refractivity contribution in [3.8, 4) is 0 Å². The molecule has 3 rings (SSSR count). The summed E-state index contributed by atoms with van der Waals surface area (Å²) in [6, 6.07) is 13.5. The summed E-state index contributed by atoms with van der Waals surface area (Å²) < 4.78 is 7.03. The first-order chi connectivity index (χ1) is 10.7. The number of furan rings is 1. The van der Waals surface area contributed by atoms with Crippen LogP contribution in [-0.2, 0) is 6.54 Å². The maximum absolute atomic E-state index is 12.2. The molecule has 1 atom stereocenters. The van der Waals surface area contributed by atoms with Crippen molar-refractivity contribution in [3.63, 3.8) is 0 Å². The minimum absolute atomic E-state index is 0.164. The quantitative estimate of drug-likeness (QED) is 0.787. The Labute approximate surface area is 128 Å². The molecule has 1 amide bonds. The highest BCUT2D eigenvalue weighted by atomic mass is 16.3. The normalized spacial score (nSPS) is 12.0. The van der Waals surface area contributed by atoms with Gasteiger partial charge in [0.05, 0.1) is 30.6 Å². The number of hydrogen-bond acceptors (Lipinski definition) is 3. The van der Waals surface area contributed by atoms with E-state index < -0.39 is 0 Å². The van der Waals surface area contributed by atoms with Crippen molar-refractivity contribution in [2.24, 2.45) is 0 Å². The minimum Gasteiger partial charge on any atom is -0.467 e. The lowest BCUT2D eigenvalue weighted by atomic mass is 10.2. The van der Waals surface area contributed by atoms with Gasteiger partial charge in [-0.3, -0.25) is 9.48 Å². The fraction of sp³-hybridized carbons (Fsp3) is 0.176. The molecule has 0 aliphatic rings. The van der Waals surface area contributed by atoms with E-state index >= 15 is 0 Å². The molecule has 2 heterocycles. The van der Waals surface area contributed by atoms with Crippen molar-refractivity contribution in [2.75, 3.05) is 0 Å². The van der Waals surface area contributed by atoms with Gasteiger partial charge in [-0.1, -0.05) is 30.3 Å². The highest BCUT2D eigenvalue weighted by Crippen LogP contribution is 2.13. The molecule has 0 fully saturated rings. The van der Waals surface area contributed by atoms with E-state index in [9.17, 15) is 4.79 Å². The fourth-order valence-corrected chi connectivity index (χ4v) is 2.23. The molecule has 0 bridgehead atoms. The van der Waals surface area contributed by atoms with E-state index in [0.29, 0.717) is 12.1 Å². The molecule has 1 unspecified atom stereocenters. The van der Waals surface area contributed by atoms with E-state index in [0.717, 1.165) is 11.3 Å². The third-order valence-corrected chi connectivity index (χ3v) is 3.40. The highest BCUT2D eigenvalue weighted by molar-refractivity contribution is 5.93. The van der Waals surface area contributed by atoms with Crippen LogP contribution in [0.15, 0.2) is 65.5 Å². The fourth-order valence-electron chi connectivity index (χ4n) is 2.23. The van der Waals surface area contributed by atoms with Gasteiger partial charge in [-0.15, -0.1) is 0 Å². The molecule has 1 N–H and O–H groups in total. The summed E-state index contributed by atoms with van der Waals surface area (Å²) in [6.45, 7) is 2.52. The van der Waals surface area contributed by atoms with Crippen molar-refractivity contribution < 1.29 is 9.21 Å². The minimum atomic E-state index is -0.181. The van der Waals surface area contributed by atoms with E-state index in [1.165, 1.54) is 0 Å². The summed E-state index contributed by atoms with van der Waals surface area (Å²) >= 11 is 0. The van der Waals surface area contributed by atoms with Gasteiger partial charge in [0.1, 0.15) is 5.76 Å². The summed E-state index contributed by atoms with van der Waals surface area (Å²) in [6.07, 6.45) is 4.92. The average Bonchev–Trinajstić information content (AvgIpc) is 3.19. The molecular formula is C17H17N3O2. The van der Waals surface area contributed by atoms with E-state index in [4.69, 9.17) is 4.42 Å². The van der Waals surface area contributed by atoms with Crippen LogP contribution in [0.2, 0.25) is 0 Å². The molecule has 2 aromatic heterocycles. The average molecular weight is 295 g/mol. The molecule has 1 aromatic carbocycles. The van der Waals surface area contributed by atoms with Crippen LogP contribution in [0, 0.1) is 0 Å². The smallest absolute Gasteiger partial charge is 0.255 e. The lowest BCUT2D eigenvalue weighted by molar-refractivity contribution is 0.0935. The zero-order valence-corrected chi connectivity index (χ0v) is 12.3. The number of nitrogens with one attached hydrogen (secondary N) is 1. The van der Waals surface area contributed by atoms with Gasteiger partial charge in [0.15, 0.2) is 0 Å². The number of aromatic nitrogens is 2. The van der Waals surface area contributed by atoms with Gasteiger partial charge in [-0.25, -0.2) is 0 Å². The van der Waals surface area contributed by atoms with Crippen LogP contribution in [0.1, 0.15) is 34.6 Å². The Kier molecular flexibility index (Phi) is 4.05. The number of benzene rings is 1. The third-order valence-electron chi connectivity index (χ3n) is 3.40. The molecule has 112 valence electrons. The van der Waals surface area contributed by atoms with E-state index in [1.807, 2.05) is 43.3 Å². The summed E-state index contributed by atoms with van der Waals surface area (Å²) in [5.74, 6) is 0.563. The highest BCUT2D eigenvalue weighted by Gasteiger charge is 2.14. The summed E-state index contributed by atoms with van der Waals surface area (Å²) in [5.41, 5.74) is 1.68. The topological polar surface area (TPSA) is 60.1 Å². The maximum atomic E-state index is 12.2. The predicted molar refractivity (Wildman–Crippen MR) is 82.4 cm³/mol. The van der Waals surface area contributed by atoms with Gasteiger partial charge in [-0.05, 0) is 24.6 Å². The first kappa shape index (κ1) is 14.1. The second-order valence-electron chi connectivity index (χ2n) is 5.12. The lowest BCUT2D eigenvalue weighted by Gasteiger charge is -2.10. The SMILES string of the molecule is CC(NC(=O)c1cnn(Cc2ccccc2)c1)c1ccco1. The van der Waals surface area contributed by atoms with Gasteiger partial charge >= 0.3 is 0 Å². The molecule has 0 aliphatic heterocycles. The molecule has 0 spiro atoms. The standard InChI is InChI=1S/C17H17N3O2/c1-13(16-8-5-9-22-16)19-17(21)15-10-18-20(12-15)11-14-6-3-2-4-7-14/h2-10,12-13H,11H2,1H3,(H,19,21). The van der Waals surface area contributed by atoms with Crippen molar-refractivity contribution in [3.05, 3.63) is 78.0 Å². The number of carbonyl (C=O) groups excluding carboxylic acids is 1. The first-order valence-corrected chi connectivity index (χ1v) is 7.13. The zero-order valence-electron chi connectivity index (χ0n) is 12.3. The zero-order chi connectivity index (χ0) is 15.4. The van der Waals surface area contributed by atoms with Crippen LogP contribution in [0.5, 0.6) is 0 Å². The number of hydrogen-bond donors (Lipinski definition) is 1. The van der Waals surface area contributed by atoms with Crippen molar-refractivity contribution >= 4 is 5.91 Å². The molecular weight excluding hydrogens is 278 g/mol. The van der Waals surface area contributed by atoms with E-state index in [-0.39, 0.29) is 11.9 Å². The van der Waals surface area contributed by atoms with Gasteiger partial charge in [0, 0.05) is 6.20 Å². The Morgan fingerprint density at radius 1 is 1.27 bits per heavy atom. The maximum Gasteiger partial charge on any atom is 0.255 e. The summed E-state index contributed by atoms with van der Waals surface area (Å²) in [7, 11) is 0. The summed E-state index contributed by atoms with van der Waals surface area (Å²) in [5, 5.41) is 7.12. The Hall–Kier alpha value is -2.82. The number of nitrogens with zero attached hydrogens (tertiary/aromatic N) is 2. The van der Waals surface area contributed by atoms with E-state index in [2.05, 4.69) is 10.4 Å². The Balaban J connectivity index is 1.64. The summed E-state index contributed by atoms with van der Waals surface area (Å²) in [4.78, 5) is 12.2. The van der Waals surface area contributed by atoms with Gasteiger partial charge in [0.25, 0.3) is 5.91 Å². The molecule has 0 radical (unpaired) electrons. The van der Waals surface area contributed by atoms with Gasteiger partial charge in [0.2, 0.25) is 0 Å². The van der Waals surface area contributed by atoms with Crippen molar-refractivity contribution in [1.29, 1.82) is 0 Å². The molecule has 5 heteroatoms. The number of rotatable bonds is 5. The van der Waals surface area contributed by atoms with E-state index in [1.54, 1.807) is 29.4 Å². The van der Waals surface area contributed by atoms with Gasteiger partial charge < -0.3 is 9.73 Å². The molecule has 22 heavy (non-hydrogen) atoms.